The Labute approximate surface area is 117 Å². The molecular weight excluding hydrogens is 260 g/mol. The van der Waals surface area contributed by atoms with Crippen LogP contribution in [0.25, 0.3) is 0 Å². The topological polar surface area (TPSA) is 78.9 Å². The van der Waals surface area contributed by atoms with Gasteiger partial charge >= 0.3 is 6.03 Å². The van der Waals surface area contributed by atoms with Crippen molar-refractivity contribution >= 4 is 11.9 Å². The molecule has 1 atom stereocenters. The maximum atomic E-state index is 12.4. The molecule has 20 heavy (non-hydrogen) atoms. The van der Waals surface area contributed by atoms with Crippen LogP contribution in [0, 0.1) is 0 Å². The number of hydrogen-bond acceptors (Lipinski definition) is 4. The number of nitrogens with one attached hydrogen (secondary N) is 1. The van der Waals surface area contributed by atoms with Crippen LogP contribution in [0.4, 0.5) is 4.79 Å². The number of benzene rings is 1. The number of carbonyl (C=O) groups excluding carboxylic acids is 2. The fourth-order valence-corrected chi connectivity index (χ4v) is 2.19. The second-order valence-electron chi connectivity index (χ2n) is 4.71. The number of aliphatic hydroxyl groups is 1. The fraction of sp³-hybridized carbons (Fsp3) is 0.429. The van der Waals surface area contributed by atoms with Gasteiger partial charge < -0.3 is 15.2 Å². The highest BCUT2D eigenvalue weighted by Crippen LogP contribution is 2.28. The maximum Gasteiger partial charge on any atom is 0.325 e. The lowest BCUT2D eigenvalue weighted by Crippen LogP contribution is -2.41. The highest BCUT2D eigenvalue weighted by Gasteiger charge is 2.48. The Morgan fingerprint density at radius 3 is 2.60 bits per heavy atom. The van der Waals surface area contributed by atoms with Crippen LogP contribution in [0.15, 0.2) is 30.3 Å². The van der Waals surface area contributed by atoms with E-state index in [9.17, 15) is 9.59 Å². The summed E-state index contributed by atoms with van der Waals surface area (Å²) in [5.74, 6) is -0.290. The van der Waals surface area contributed by atoms with Gasteiger partial charge in [-0.25, -0.2) is 4.79 Å². The minimum atomic E-state index is -1.03. The van der Waals surface area contributed by atoms with E-state index < -0.39 is 11.6 Å². The SMILES string of the molecule is C[C@]1(c2ccccc2)NC(=O)N(CCOCCO)C1=O. The standard InChI is InChI=1S/C14H18N2O4/c1-14(11-5-3-2-4-6-11)12(18)16(13(19)15-14)7-9-20-10-8-17/h2-6,17H,7-10H2,1H3,(H,15,19)/t14-/m1/s1. The molecule has 1 aliphatic heterocycles. The molecule has 1 aliphatic rings. The van der Waals surface area contributed by atoms with Gasteiger partial charge in [0.1, 0.15) is 5.54 Å². The molecule has 1 heterocycles. The van der Waals surface area contributed by atoms with Crippen molar-refractivity contribution in [3.05, 3.63) is 35.9 Å². The van der Waals surface area contributed by atoms with E-state index >= 15 is 0 Å². The average Bonchev–Trinajstić information content (AvgIpc) is 2.68. The summed E-state index contributed by atoms with van der Waals surface area (Å²) in [6.07, 6.45) is 0. The lowest BCUT2D eigenvalue weighted by molar-refractivity contribution is -0.131. The molecule has 3 amide bonds. The summed E-state index contributed by atoms with van der Waals surface area (Å²) in [5, 5.41) is 11.3. The Hall–Kier alpha value is -1.92. The van der Waals surface area contributed by atoms with E-state index in [2.05, 4.69) is 5.32 Å². The van der Waals surface area contributed by atoms with Crippen LogP contribution in [-0.4, -0.2) is 48.3 Å². The van der Waals surface area contributed by atoms with E-state index in [4.69, 9.17) is 9.84 Å². The van der Waals surface area contributed by atoms with E-state index in [1.54, 1.807) is 6.92 Å². The van der Waals surface area contributed by atoms with Crippen molar-refractivity contribution in [3.63, 3.8) is 0 Å². The van der Waals surface area contributed by atoms with E-state index in [1.807, 2.05) is 30.3 Å². The van der Waals surface area contributed by atoms with Gasteiger partial charge in [-0.05, 0) is 12.5 Å². The van der Waals surface area contributed by atoms with Crippen LogP contribution < -0.4 is 5.32 Å². The molecule has 108 valence electrons. The summed E-state index contributed by atoms with van der Waals surface area (Å²) in [4.78, 5) is 25.5. The molecule has 1 fully saturated rings. The van der Waals surface area contributed by atoms with Crippen molar-refractivity contribution in [2.24, 2.45) is 0 Å². The molecule has 2 rings (SSSR count). The monoisotopic (exact) mass is 278 g/mol. The first-order chi connectivity index (χ1) is 9.59. The fourth-order valence-electron chi connectivity index (χ4n) is 2.19. The molecule has 6 heteroatoms. The Balaban J connectivity index is 2.08. The smallest absolute Gasteiger partial charge is 0.325 e. The molecule has 1 aromatic rings. The molecule has 2 N–H and O–H groups in total. The highest BCUT2D eigenvalue weighted by molar-refractivity contribution is 6.07. The van der Waals surface area contributed by atoms with Crippen LogP contribution in [0.3, 0.4) is 0 Å². The van der Waals surface area contributed by atoms with Crippen molar-refractivity contribution in [1.82, 2.24) is 10.2 Å². The molecular formula is C14H18N2O4. The maximum absolute atomic E-state index is 12.4. The Morgan fingerprint density at radius 2 is 1.95 bits per heavy atom. The minimum absolute atomic E-state index is 0.0815. The van der Waals surface area contributed by atoms with Crippen LogP contribution >= 0.6 is 0 Å². The Morgan fingerprint density at radius 1 is 1.25 bits per heavy atom. The summed E-state index contributed by atoms with van der Waals surface area (Å²) < 4.78 is 5.09. The summed E-state index contributed by atoms with van der Waals surface area (Å²) in [7, 11) is 0. The van der Waals surface area contributed by atoms with Crippen molar-refractivity contribution < 1.29 is 19.4 Å². The number of nitrogens with zero attached hydrogens (tertiary/aromatic N) is 1. The third kappa shape index (κ3) is 2.66. The van der Waals surface area contributed by atoms with Gasteiger partial charge in [0.05, 0.1) is 26.4 Å². The lowest BCUT2D eigenvalue weighted by Gasteiger charge is -2.22. The number of hydrogen-bond donors (Lipinski definition) is 2. The molecule has 6 nitrogen and oxygen atoms in total. The number of amides is 3. The molecule has 0 unspecified atom stereocenters. The van der Waals surface area contributed by atoms with Crippen LogP contribution in [0.5, 0.6) is 0 Å². The van der Waals surface area contributed by atoms with Gasteiger partial charge in [0.2, 0.25) is 0 Å². The first-order valence-corrected chi connectivity index (χ1v) is 6.48. The first-order valence-electron chi connectivity index (χ1n) is 6.48. The summed E-state index contributed by atoms with van der Waals surface area (Å²) in [5.41, 5.74) is -0.285. The molecule has 0 spiro atoms. The normalized spacial score (nSPS) is 22.2. The highest BCUT2D eigenvalue weighted by atomic mass is 16.5. The Bertz CT molecular complexity index is 491. The Kier molecular flexibility index (Phi) is 4.36. The summed E-state index contributed by atoms with van der Waals surface area (Å²) in [6.45, 7) is 2.19. The van der Waals surface area contributed by atoms with Crippen LogP contribution in [0.2, 0.25) is 0 Å². The van der Waals surface area contributed by atoms with Crippen molar-refractivity contribution in [3.8, 4) is 0 Å². The van der Waals surface area contributed by atoms with E-state index in [0.29, 0.717) is 0 Å². The second-order valence-corrected chi connectivity index (χ2v) is 4.71. The largest absolute Gasteiger partial charge is 0.394 e. The van der Waals surface area contributed by atoms with Gasteiger partial charge in [-0.3, -0.25) is 9.69 Å². The summed E-state index contributed by atoms with van der Waals surface area (Å²) >= 11 is 0. The number of carbonyl (C=O) groups is 2. The van der Waals surface area contributed by atoms with Crippen LogP contribution in [-0.2, 0) is 15.1 Å². The lowest BCUT2D eigenvalue weighted by atomic mass is 9.92. The predicted octanol–water partition coefficient (Wildman–Crippen LogP) is 0.462. The van der Waals surface area contributed by atoms with E-state index in [1.165, 1.54) is 0 Å². The molecule has 0 radical (unpaired) electrons. The molecule has 1 saturated heterocycles. The average molecular weight is 278 g/mol. The molecule has 0 aliphatic carbocycles. The van der Waals surface area contributed by atoms with Crippen molar-refractivity contribution in [1.29, 1.82) is 0 Å². The van der Waals surface area contributed by atoms with Crippen molar-refractivity contribution in [2.75, 3.05) is 26.4 Å². The van der Waals surface area contributed by atoms with Gasteiger partial charge in [-0.15, -0.1) is 0 Å². The minimum Gasteiger partial charge on any atom is -0.394 e. The first kappa shape index (κ1) is 14.5. The summed E-state index contributed by atoms with van der Waals surface area (Å²) in [6, 6.07) is 8.71. The third-order valence-corrected chi connectivity index (χ3v) is 3.32. The van der Waals surface area contributed by atoms with Crippen LogP contribution in [0.1, 0.15) is 12.5 Å². The zero-order valence-electron chi connectivity index (χ0n) is 11.3. The van der Waals surface area contributed by atoms with E-state index in [0.717, 1.165) is 10.5 Å². The molecule has 0 saturated carbocycles. The third-order valence-electron chi connectivity index (χ3n) is 3.32. The quantitative estimate of drug-likeness (QED) is 0.585. The number of aliphatic hydroxyl groups excluding tert-OH is 1. The predicted molar refractivity (Wildman–Crippen MR) is 71.9 cm³/mol. The molecule has 0 aromatic heterocycles. The van der Waals surface area contributed by atoms with Gasteiger partial charge in [0.15, 0.2) is 0 Å². The molecule has 1 aromatic carbocycles. The number of rotatable bonds is 6. The number of ether oxygens (including phenoxy) is 1. The van der Waals surface area contributed by atoms with Gasteiger partial charge in [0.25, 0.3) is 5.91 Å². The zero-order valence-corrected chi connectivity index (χ0v) is 11.3. The van der Waals surface area contributed by atoms with E-state index in [-0.39, 0.29) is 32.3 Å². The van der Waals surface area contributed by atoms with Gasteiger partial charge in [-0.1, -0.05) is 30.3 Å². The number of imide groups is 1. The second kappa shape index (κ2) is 6.02. The zero-order chi connectivity index (χ0) is 14.6. The van der Waals surface area contributed by atoms with Gasteiger partial charge in [-0.2, -0.15) is 0 Å². The van der Waals surface area contributed by atoms with Gasteiger partial charge in [0, 0.05) is 0 Å². The van der Waals surface area contributed by atoms with Crippen molar-refractivity contribution in [2.45, 2.75) is 12.5 Å². The molecule has 0 bridgehead atoms. The number of urea groups is 1.